The molecule has 3 aromatic carbocycles. The van der Waals surface area contributed by atoms with Crippen molar-refractivity contribution in [3.8, 4) is 5.75 Å². The van der Waals surface area contributed by atoms with E-state index in [4.69, 9.17) is 4.74 Å². The molecule has 1 N–H and O–H groups in total. The van der Waals surface area contributed by atoms with Crippen molar-refractivity contribution in [2.24, 2.45) is 0 Å². The Bertz CT molecular complexity index is 1030. The minimum Gasteiger partial charge on any atom is -0.489 e. The molecular weight excluding hydrogens is 420 g/mol. The minimum atomic E-state index is -0.186. The third-order valence-electron chi connectivity index (χ3n) is 5.30. The maximum atomic E-state index is 12.6. The van der Waals surface area contributed by atoms with E-state index in [0.29, 0.717) is 30.0 Å². The Morgan fingerprint density at radius 1 is 0.844 bits per heavy atom. The summed E-state index contributed by atoms with van der Waals surface area (Å²) in [6.07, 6.45) is 0.392. The number of hydrogen-bond donors (Lipinski definition) is 1. The molecule has 0 unspecified atom stereocenters. The van der Waals surface area contributed by atoms with Crippen LogP contribution in [0.4, 0.5) is 5.69 Å². The van der Waals surface area contributed by atoms with Crippen LogP contribution in [0.1, 0.15) is 21.5 Å². The zero-order valence-electron chi connectivity index (χ0n) is 17.8. The summed E-state index contributed by atoms with van der Waals surface area (Å²) < 4.78 is 5.77. The van der Waals surface area contributed by atoms with Crippen molar-refractivity contribution < 1.29 is 14.3 Å². The molecule has 0 spiro atoms. The van der Waals surface area contributed by atoms with Crippen LogP contribution in [0.15, 0.2) is 78.9 Å². The van der Waals surface area contributed by atoms with Gasteiger partial charge in [-0.25, -0.2) is 0 Å². The Kier molecular flexibility index (Phi) is 7.46. The Morgan fingerprint density at radius 3 is 2.22 bits per heavy atom. The molecule has 0 aromatic heterocycles. The Morgan fingerprint density at radius 2 is 1.53 bits per heavy atom. The van der Waals surface area contributed by atoms with E-state index in [2.05, 4.69) is 5.32 Å². The Balaban J connectivity index is 1.28. The highest BCUT2D eigenvalue weighted by atomic mass is 32.2. The number of carbonyl (C=O) groups excluding carboxylic acids is 2. The normalized spacial score (nSPS) is 13.4. The second kappa shape index (κ2) is 10.9. The molecule has 164 valence electrons. The van der Waals surface area contributed by atoms with Gasteiger partial charge in [-0.2, -0.15) is 11.8 Å². The van der Waals surface area contributed by atoms with E-state index in [0.717, 1.165) is 35.7 Å². The maximum absolute atomic E-state index is 12.6. The number of thioether (sulfide) groups is 1. The van der Waals surface area contributed by atoms with E-state index in [1.54, 1.807) is 24.3 Å². The van der Waals surface area contributed by atoms with Crippen molar-refractivity contribution in [2.45, 2.75) is 13.0 Å². The molecule has 1 aliphatic heterocycles. The Labute approximate surface area is 192 Å². The largest absolute Gasteiger partial charge is 0.489 e. The average molecular weight is 447 g/mol. The molecule has 1 aliphatic rings. The minimum absolute atomic E-state index is 0.164. The van der Waals surface area contributed by atoms with Crippen LogP contribution in [0.5, 0.6) is 5.75 Å². The van der Waals surface area contributed by atoms with Gasteiger partial charge in [0.25, 0.3) is 5.91 Å². The summed E-state index contributed by atoms with van der Waals surface area (Å²) in [4.78, 5) is 26.9. The third kappa shape index (κ3) is 6.14. The number of carbonyl (C=O) groups is 2. The molecule has 3 aromatic rings. The third-order valence-corrected chi connectivity index (χ3v) is 6.24. The molecule has 0 radical (unpaired) electrons. The van der Waals surface area contributed by atoms with E-state index in [1.165, 1.54) is 0 Å². The van der Waals surface area contributed by atoms with Crippen LogP contribution in [-0.4, -0.2) is 41.3 Å². The predicted molar refractivity (Wildman–Crippen MR) is 129 cm³/mol. The van der Waals surface area contributed by atoms with Crippen LogP contribution in [0.3, 0.4) is 0 Å². The quantitative estimate of drug-likeness (QED) is 0.575. The Hall–Kier alpha value is -3.25. The molecular formula is C26H26N2O3S. The summed E-state index contributed by atoms with van der Waals surface area (Å²) in [7, 11) is 0. The van der Waals surface area contributed by atoms with Gasteiger partial charge in [0, 0.05) is 35.8 Å². The van der Waals surface area contributed by atoms with Gasteiger partial charge < -0.3 is 15.0 Å². The lowest BCUT2D eigenvalue weighted by Gasteiger charge is -2.26. The molecule has 32 heavy (non-hydrogen) atoms. The zero-order chi connectivity index (χ0) is 22.2. The van der Waals surface area contributed by atoms with Gasteiger partial charge in [-0.3, -0.25) is 9.59 Å². The summed E-state index contributed by atoms with van der Waals surface area (Å²) in [5.74, 6) is 2.71. The first-order chi connectivity index (χ1) is 15.7. The molecule has 1 fully saturated rings. The monoisotopic (exact) mass is 446 g/mol. The van der Waals surface area contributed by atoms with E-state index in [-0.39, 0.29) is 11.8 Å². The number of nitrogens with one attached hydrogen (secondary N) is 1. The number of ether oxygens (including phenoxy) is 1. The number of hydrogen-bond acceptors (Lipinski definition) is 4. The van der Waals surface area contributed by atoms with Crippen molar-refractivity contribution >= 4 is 29.3 Å². The molecule has 4 rings (SSSR count). The number of benzene rings is 3. The van der Waals surface area contributed by atoms with Crippen LogP contribution in [-0.2, 0) is 17.8 Å². The van der Waals surface area contributed by atoms with Crippen molar-refractivity contribution in [2.75, 3.05) is 29.9 Å². The average Bonchev–Trinajstić information content (AvgIpc) is 2.85. The van der Waals surface area contributed by atoms with Crippen LogP contribution in [0.25, 0.3) is 0 Å². The van der Waals surface area contributed by atoms with Gasteiger partial charge in [-0.05, 0) is 47.5 Å². The molecule has 2 amide bonds. The lowest BCUT2D eigenvalue weighted by Crippen LogP contribution is -2.38. The van der Waals surface area contributed by atoms with Crippen molar-refractivity contribution in [1.29, 1.82) is 0 Å². The zero-order valence-corrected chi connectivity index (χ0v) is 18.6. The summed E-state index contributed by atoms with van der Waals surface area (Å²) in [6.45, 7) is 2.14. The topological polar surface area (TPSA) is 58.6 Å². The second-order valence-corrected chi connectivity index (χ2v) is 8.84. The lowest BCUT2D eigenvalue weighted by atomic mass is 10.1. The fourth-order valence-electron chi connectivity index (χ4n) is 3.45. The van der Waals surface area contributed by atoms with Crippen molar-refractivity contribution in [3.63, 3.8) is 0 Å². The number of rotatable bonds is 7. The number of amides is 2. The molecule has 0 aliphatic carbocycles. The highest BCUT2D eigenvalue weighted by molar-refractivity contribution is 7.99. The summed E-state index contributed by atoms with van der Waals surface area (Å²) in [6, 6.07) is 24.5. The summed E-state index contributed by atoms with van der Waals surface area (Å²) >= 11 is 1.89. The van der Waals surface area contributed by atoms with E-state index in [1.807, 2.05) is 71.3 Å². The second-order valence-electron chi connectivity index (χ2n) is 7.62. The first-order valence-corrected chi connectivity index (χ1v) is 11.9. The van der Waals surface area contributed by atoms with Gasteiger partial charge in [0.05, 0.1) is 6.42 Å². The summed E-state index contributed by atoms with van der Waals surface area (Å²) in [5, 5.41) is 2.90. The SMILES string of the molecule is O=C(Nc1ccc(CC(=O)N2CCSCC2)cc1)c1ccc(OCc2ccccc2)cc1. The molecule has 1 heterocycles. The standard InChI is InChI=1S/C26H26N2O3S/c29-25(28-14-16-32-17-15-28)18-20-6-10-23(11-7-20)27-26(30)22-8-12-24(13-9-22)31-19-21-4-2-1-3-5-21/h1-13H,14-19H2,(H,27,30). The van der Waals surface area contributed by atoms with Crippen LogP contribution < -0.4 is 10.1 Å². The molecule has 0 saturated carbocycles. The smallest absolute Gasteiger partial charge is 0.255 e. The summed E-state index contributed by atoms with van der Waals surface area (Å²) in [5.41, 5.74) is 3.30. The number of nitrogens with zero attached hydrogens (tertiary/aromatic N) is 1. The molecule has 0 bridgehead atoms. The van der Waals surface area contributed by atoms with Gasteiger partial charge in [-0.15, -0.1) is 0 Å². The first kappa shape index (κ1) is 22.0. The lowest BCUT2D eigenvalue weighted by molar-refractivity contribution is -0.130. The highest BCUT2D eigenvalue weighted by Gasteiger charge is 2.17. The molecule has 6 heteroatoms. The van der Waals surface area contributed by atoms with Crippen molar-refractivity contribution in [1.82, 2.24) is 4.90 Å². The highest BCUT2D eigenvalue weighted by Crippen LogP contribution is 2.17. The molecule has 0 atom stereocenters. The van der Waals surface area contributed by atoms with Crippen LogP contribution in [0.2, 0.25) is 0 Å². The first-order valence-electron chi connectivity index (χ1n) is 10.7. The maximum Gasteiger partial charge on any atom is 0.255 e. The fourth-order valence-corrected chi connectivity index (χ4v) is 4.35. The molecule has 1 saturated heterocycles. The van der Waals surface area contributed by atoms with Gasteiger partial charge >= 0.3 is 0 Å². The van der Waals surface area contributed by atoms with Crippen LogP contribution in [0, 0.1) is 0 Å². The van der Waals surface area contributed by atoms with Crippen molar-refractivity contribution in [3.05, 3.63) is 95.6 Å². The van der Waals surface area contributed by atoms with E-state index in [9.17, 15) is 9.59 Å². The fraction of sp³-hybridized carbons (Fsp3) is 0.231. The van der Waals surface area contributed by atoms with Crippen LogP contribution >= 0.6 is 11.8 Å². The van der Waals surface area contributed by atoms with E-state index >= 15 is 0 Å². The van der Waals surface area contributed by atoms with Gasteiger partial charge in [0.1, 0.15) is 12.4 Å². The van der Waals surface area contributed by atoms with Gasteiger partial charge in [0.2, 0.25) is 5.91 Å². The predicted octanol–water partition coefficient (Wildman–Crippen LogP) is 4.64. The van der Waals surface area contributed by atoms with Gasteiger partial charge in [0.15, 0.2) is 0 Å². The van der Waals surface area contributed by atoms with E-state index < -0.39 is 0 Å². The molecule has 5 nitrogen and oxygen atoms in total. The van der Waals surface area contributed by atoms with Gasteiger partial charge in [-0.1, -0.05) is 42.5 Å². The number of anilines is 1.